The number of amidine groups is 1. The number of hydrogen-bond acceptors (Lipinski definition) is 3. The van der Waals surface area contributed by atoms with Crippen LogP contribution in [0.1, 0.15) is 13.8 Å². The van der Waals surface area contributed by atoms with Crippen molar-refractivity contribution in [2.45, 2.75) is 19.9 Å². The minimum Gasteiger partial charge on any atom is -0.334 e. The summed E-state index contributed by atoms with van der Waals surface area (Å²) < 4.78 is 0.792. The van der Waals surface area contributed by atoms with Gasteiger partial charge in [-0.3, -0.25) is 4.99 Å². The lowest BCUT2D eigenvalue weighted by atomic mass is 10.1. The molecule has 1 aromatic carbocycles. The van der Waals surface area contributed by atoms with Crippen LogP contribution in [0.4, 0.5) is 5.69 Å². The second kappa shape index (κ2) is 6.04. The van der Waals surface area contributed by atoms with E-state index >= 15 is 0 Å². The van der Waals surface area contributed by atoms with Crippen LogP contribution in [0.15, 0.2) is 21.6 Å². The van der Waals surface area contributed by atoms with E-state index in [2.05, 4.69) is 40.1 Å². The fourth-order valence-electron chi connectivity index (χ4n) is 1.51. The molecule has 1 aromatic rings. The molecule has 98 valence electrons. The van der Waals surface area contributed by atoms with Gasteiger partial charge in [0.15, 0.2) is 5.17 Å². The lowest BCUT2D eigenvalue weighted by Gasteiger charge is -2.24. The number of rotatable bonds is 1. The normalized spacial score (nSPS) is 23.7. The molecule has 2 rings (SSSR count). The Kier molecular flexibility index (Phi) is 4.86. The molecule has 6 heteroatoms. The zero-order chi connectivity index (χ0) is 13.3. The molecule has 0 fully saturated rings. The fourth-order valence-corrected chi connectivity index (χ4v) is 3.45. The zero-order valence-corrected chi connectivity index (χ0v) is 13.9. The smallest absolute Gasteiger partial charge is 0.161 e. The van der Waals surface area contributed by atoms with Crippen LogP contribution in [-0.4, -0.2) is 17.0 Å². The molecule has 1 N–H and O–H groups in total. The van der Waals surface area contributed by atoms with Gasteiger partial charge in [0.2, 0.25) is 0 Å². The third-order valence-electron chi connectivity index (χ3n) is 2.90. The molecule has 0 amide bonds. The number of aliphatic imine (C=N–C) groups is 1. The molecule has 0 saturated heterocycles. The SMILES string of the molecule is CC1CSC(Nc2ccc(Br)c(Cl)c2Cl)=NC1C. The second-order valence-electron chi connectivity index (χ2n) is 4.31. The highest BCUT2D eigenvalue weighted by molar-refractivity contribution is 9.10. The first-order valence-electron chi connectivity index (χ1n) is 5.60. The lowest BCUT2D eigenvalue weighted by molar-refractivity contribution is 0.537. The van der Waals surface area contributed by atoms with Crippen molar-refractivity contribution in [1.29, 1.82) is 0 Å². The van der Waals surface area contributed by atoms with Crippen LogP contribution >= 0.6 is 50.9 Å². The highest BCUT2D eigenvalue weighted by Crippen LogP contribution is 2.36. The maximum atomic E-state index is 6.19. The van der Waals surface area contributed by atoms with Crippen LogP contribution in [-0.2, 0) is 0 Å². The third-order valence-corrected chi connectivity index (χ3v) is 5.85. The van der Waals surface area contributed by atoms with Gasteiger partial charge in [-0.2, -0.15) is 0 Å². The predicted octanol–water partition coefficient (Wildman–Crippen LogP) is 5.30. The molecule has 1 aliphatic rings. The number of thioether (sulfide) groups is 1. The summed E-state index contributed by atoms with van der Waals surface area (Å²) in [5, 5.41) is 5.18. The average molecular weight is 368 g/mol. The van der Waals surface area contributed by atoms with Gasteiger partial charge in [-0.1, -0.05) is 41.9 Å². The molecule has 0 spiro atoms. The molecule has 0 bridgehead atoms. The van der Waals surface area contributed by atoms with Crippen molar-refractivity contribution in [3.63, 3.8) is 0 Å². The van der Waals surface area contributed by atoms with E-state index in [-0.39, 0.29) is 0 Å². The largest absolute Gasteiger partial charge is 0.334 e. The Labute approximate surface area is 130 Å². The average Bonchev–Trinajstić information content (AvgIpc) is 2.34. The maximum absolute atomic E-state index is 6.19. The zero-order valence-electron chi connectivity index (χ0n) is 10.0. The molecule has 0 saturated carbocycles. The second-order valence-corrected chi connectivity index (χ2v) is 6.93. The van der Waals surface area contributed by atoms with Gasteiger partial charge in [0.1, 0.15) is 0 Å². The summed E-state index contributed by atoms with van der Waals surface area (Å²) in [6, 6.07) is 4.10. The Morgan fingerprint density at radius 3 is 2.72 bits per heavy atom. The first-order valence-corrected chi connectivity index (χ1v) is 8.13. The van der Waals surface area contributed by atoms with E-state index in [0.29, 0.717) is 22.0 Å². The molecular formula is C12H13BrCl2N2S. The quantitative estimate of drug-likeness (QED) is 0.681. The number of nitrogens with one attached hydrogen (secondary N) is 1. The van der Waals surface area contributed by atoms with E-state index in [1.54, 1.807) is 11.8 Å². The van der Waals surface area contributed by atoms with Gasteiger partial charge in [0.25, 0.3) is 0 Å². The van der Waals surface area contributed by atoms with Crippen molar-refractivity contribution in [2.24, 2.45) is 10.9 Å². The topological polar surface area (TPSA) is 24.4 Å². The molecule has 2 atom stereocenters. The molecule has 1 heterocycles. The van der Waals surface area contributed by atoms with E-state index < -0.39 is 0 Å². The van der Waals surface area contributed by atoms with Crippen LogP contribution in [0.25, 0.3) is 0 Å². The molecular weight excluding hydrogens is 355 g/mol. The highest BCUT2D eigenvalue weighted by atomic mass is 79.9. The van der Waals surface area contributed by atoms with E-state index in [0.717, 1.165) is 21.1 Å². The number of anilines is 1. The summed E-state index contributed by atoms with van der Waals surface area (Å²) in [6.07, 6.45) is 0. The molecule has 0 aliphatic carbocycles. The van der Waals surface area contributed by atoms with E-state index in [4.69, 9.17) is 23.2 Å². The maximum Gasteiger partial charge on any atom is 0.161 e. The first kappa shape index (κ1) is 14.5. The molecule has 0 aromatic heterocycles. The van der Waals surface area contributed by atoms with Crippen LogP contribution in [0.3, 0.4) is 0 Å². The standard InChI is InChI=1S/C12H13BrCl2N2S/c1-6-5-18-12(16-7(6)2)17-9-4-3-8(13)10(14)11(9)15/h3-4,6-7H,5H2,1-2H3,(H,16,17). The van der Waals surface area contributed by atoms with Crippen molar-refractivity contribution in [2.75, 3.05) is 11.1 Å². The summed E-state index contributed by atoms with van der Waals surface area (Å²) in [6.45, 7) is 4.34. The van der Waals surface area contributed by atoms with Crippen LogP contribution in [0.5, 0.6) is 0 Å². The third kappa shape index (κ3) is 3.16. The molecule has 1 aliphatic heterocycles. The Hall–Kier alpha value is 0.1000. The van der Waals surface area contributed by atoms with Crippen molar-refractivity contribution in [1.82, 2.24) is 0 Å². The van der Waals surface area contributed by atoms with Gasteiger partial charge in [-0.25, -0.2) is 0 Å². The van der Waals surface area contributed by atoms with Crippen molar-refractivity contribution < 1.29 is 0 Å². The van der Waals surface area contributed by atoms with Crippen LogP contribution in [0.2, 0.25) is 10.0 Å². The number of benzene rings is 1. The van der Waals surface area contributed by atoms with Gasteiger partial charge in [0.05, 0.1) is 21.8 Å². The molecule has 2 nitrogen and oxygen atoms in total. The Morgan fingerprint density at radius 1 is 1.33 bits per heavy atom. The molecule has 18 heavy (non-hydrogen) atoms. The highest BCUT2D eigenvalue weighted by Gasteiger charge is 2.20. The molecule has 0 radical (unpaired) electrons. The van der Waals surface area contributed by atoms with Gasteiger partial charge in [-0.15, -0.1) is 0 Å². The summed E-state index contributed by atoms with van der Waals surface area (Å²) in [5.74, 6) is 1.67. The summed E-state index contributed by atoms with van der Waals surface area (Å²) >= 11 is 17.3. The van der Waals surface area contributed by atoms with Gasteiger partial charge < -0.3 is 5.32 Å². The van der Waals surface area contributed by atoms with E-state index in [9.17, 15) is 0 Å². The van der Waals surface area contributed by atoms with Crippen molar-refractivity contribution in [3.8, 4) is 0 Å². The minimum atomic E-state index is 0.332. The number of halogens is 3. The van der Waals surface area contributed by atoms with Crippen molar-refractivity contribution in [3.05, 3.63) is 26.7 Å². The van der Waals surface area contributed by atoms with E-state index in [1.165, 1.54) is 0 Å². The Balaban J connectivity index is 2.20. The summed E-state index contributed by atoms with van der Waals surface area (Å²) in [7, 11) is 0. The lowest BCUT2D eigenvalue weighted by Crippen LogP contribution is -2.25. The summed E-state index contributed by atoms with van der Waals surface area (Å²) in [5.41, 5.74) is 0.790. The Morgan fingerprint density at radius 2 is 2.06 bits per heavy atom. The van der Waals surface area contributed by atoms with Gasteiger partial charge in [0, 0.05) is 10.2 Å². The molecule has 2 unspecified atom stereocenters. The van der Waals surface area contributed by atoms with Gasteiger partial charge in [-0.05, 0) is 40.9 Å². The Bertz CT molecular complexity index is 493. The number of hydrogen-bond donors (Lipinski definition) is 1. The first-order chi connectivity index (χ1) is 8.49. The monoisotopic (exact) mass is 366 g/mol. The van der Waals surface area contributed by atoms with Crippen molar-refractivity contribution >= 4 is 61.7 Å². The van der Waals surface area contributed by atoms with Crippen LogP contribution in [0, 0.1) is 5.92 Å². The minimum absolute atomic E-state index is 0.332. The van der Waals surface area contributed by atoms with Gasteiger partial charge >= 0.3 is 0 Å². The fraction of sp³-hybridized carbons (Fsp3) is 0.417. The van der Waals surface area contributed by atoms with E-state index in [1.807, 2.05) is 12.1 Å². The number of nitrogens with zero attached hydrogens (tertiary/aromatic N) is 1. The summed E-state index contributed by atoms with van der Waals surface area (Å²) in [4.78, 5) is 4.61. The predicted molar refractivity (Wildman–Crippen MR) is 86.3 cm³/mol. The van der Waals surface area contributed by atoms with Crippen LogP contribution < -0.4 is 5.32 Å².